The summed E-state index contributed by atoms with van der Waals surface area (Å²) in [5.41, 5.74) is 1.52. The van der Waals surface area contributed by atoms with Crippen molar-refractivity contribution in [1.29, 1.82) is 0 Å². The average molecular weight is 320 g/mol. The minimum atomic E-state index is -0.0523. The highest BCUT2D eigenvalue weighted by molar-refractivity contribution is 7.16. The Morgan fingerprint density at radius 1 is 1.43 bits per heavy atom. The van der Waals surface area contributed by atoms with Crippen LogP contribution in [0.4, 0.5) is 5.13 Å². The van der Waals surface area contributed by atoms with Crippen LogP contribution in [0, 0.1) is 11.3 Å². The summed E-state index contributed by atoms with van der Waals surface area (Å²) in [7, 11) is 0. The van der Waals surface area contributed by atoms with E-state index in [1.165, 1.54) is 28.3 Å². The van der Waals surface area contributed by atoms with E-state index < -0.39 is 0 Å². The maximum atomic E-state index is 12.1. The van der Waals surface area contributed by atoms with Gasteiger partial charge < -0.3 is 0 Å². The number of thiophene rings is 1. The highest BCUT2D eigenvalue weighted by Crippen LogP contribution is 2.40. The summed E-state index contributed by atoms with van der Waals surface area (Å²) >= 11 is 3.10. The summed E-state index contributed by atoms with van der Waals surface area (Å²) in [4.78, 5) is 18.8. The van der Waals surface area contributed by atoms with Gasteiger partial charge in [-0.2, -0.15) is 0 Å². The van der Waals surface area contributed by atoms with Crippen molar-refractivity contribution in [1.82, 2.24) is 4.98 Å². The van der Waals surface area contributed by atoms with Gasteiger partial charge in [0.25, 0.3) is 5.91 Å². The normalized spacial score (nSPS) is 18.3. The fourth-order valence-corrected chi connectivity index (χ4v) is 4.44. The molecule has 3 nitrogen and oxygen atoms in total. The van der Waals surface area contributed by atoms with Crippen LogP contribution in [0.3, 0.4) is 0 Å². The van der Waals surface area contributed by atoms with Crippen LogP contribution in [0.25, 0.3) is 0 Å². The number of fused-ring (bicyclic) bond motifs is 1. The van der Waals surface area contributed by atoms with E-state index in [2.05, 4.69) is 31.1 Å². The number of carbonyl (C=O) groups excluding carboxylic acids is 1. The fourth-order valence-electron chi connectivity index (χ4n) is 2.73. The van der Waals surface area contributed by atoms with Crippen LogP contribution in [-0.4, -0.2) is 10.9 Å². The largest absolute Gasteiger partial charge is 0.297 e. The molecule has 1 atom stereocenters. The molecule has 1 aliphatic carbocycles. The van der Waals surface area contributed by atoms with E-state index in [4.69, 9.17) is 0 Å². The molecule has 0 radical (unpaired) electrons. The van der Waals surface area contributed by atoms with Gasteiger partial charge in [0, 0.05) is 4.88 Å². The van der Waals surface area contributed by atoms with Gasteiger partial charge in [-0.25, -0.2) is 4.98 Å². The first-order valence-electron chi connectivity index (χ1n) is 7.27. The number of aryl methyl sites for hydroxylation is 1. The summed E-state index contributed by atoms with van der Waals surface area (Å²) in [6.45, 7) is 6.93. The standard InChI is InChI=1S/C16H20N2OS2/c1-16(2,3)10-6-7-11-13(9-10)21-15(17-11)18-14(19)12-5-4-8-20-12/h4-5,8,10H,6-7,9H2,1-3H3,(H,17,18,19). The Morgan fingerprint density at radius 3 is 2.90 bits per heavy atom. The van der Waals surface area contributed by atoms with Gasteiger partial charge in [-0.3, -0.25) is 10.1 Å². The van der Waals surface area contributed by atoms with Crippen LogP contribution in [-0.2, 0) is 12.8 Å². The predicted octanol–water partition coefficient (Wildman–Crippen LogP) is 4.61. The summed E-state index contributed by atoms with van der Waals surface area (Å²) in [6.07, 6.45) is 3.31. The van der Waals surface area contributed by atoms with Crippen molar-refractivity contribution < 1.29 is 4.79 Å². The molecule has 1 unspecified atom stereocenters. The minimum absolute atomic E-state index is 0.0523. The minimum Gasteiger partial charge on any atom is -0.297 e. The van der Waals surface area contributed by atoms with Gasteiger partial charge in [0.1, 0.15) is 0 Å². The number of rotatable bonds is 2. The lowest BCUT2D eigenvalue weighted by Crippen LogP contribution is -2.26. The summed E-state index contributed by atoms with van der Waals surface area (Å²) in [6, 6.07) is 3.73. The van der Waals surface area contributed by atoms with Crippen LogP contribution in [0.2, 0.25) is 0 Å². The topological polar surface area (TPSA) is 42.0 Å². The monoisotopic (exact) mass is 320 g/mol. The van der Waals surface area contributed by atoms with Crippen molar-refractivity contribution in [3.63, 3.8) is 0 Å². The molecule has 112 valence electrons. The Morgan fingerprint density at radius 2 is 2.24 bits per heavy atom. The van der Waals surface area contributed by atoms with Gasteiger partial charge in [0.2, 0.25) is 0 Å². The Hall–Kier alpha value is -1.20. The Kier molecular flexibility index (Phi) is 3.88. The van der Waals surface area contributed by atoms with E-state index in [-0.39, 0.29) is 5.91 Å². The molecule has 2 aromatic rings. The van der Waals surface area contributed by atoms with Gasteiger partial charge in [-0.1, -0.05) is 26.8 Å². The molecule has 0 saturated carbocycles. The van der Waals surface area contributed by atoms with E-state index in [9.17, 15) is 4.79 Å². The van der Waals surface area contributed by atoms with Crippen LogP contribution in [0.5, 0.6) is 0 Å². The second kappa shape index (κ2) is 5.54. The SMILES string of the molecule is CC(C)(C)C1CCc2nc(NC(=O)c3cccs3)sc2C1. The lowest BCUT2D eigenvalue weighted by atomic mass is 9.73. The molecule has 0 spiro atoms. The van der Waals surface area contributed by atoms with Crippen LogP contribution >= 0.6 is 22.7 Å². The third kappa shape index (κ3) is 3.19. The first-order chi connectivity index (χ1) is 9.93. The van der Waals surface area contributed by atoms with Crippen LogP contribution < -0.4 is 5.32 Å². The highest BCUT2D eigenvalue weighted by atomic mass is 32.1. The van der Waals surface area contributed by atoms with Crippen LogP contribution in [0.15, 0.2) is 17.5 Å². The lowest BCUT2D eigenvalue weighted by Gasteiger charge is -2.33. The third-order valence-electron chi connectivity index (χ3n) is 4.13. The van der Waals surface area contributed by atoms with Crippen LogP contribution in [0.1, 0.15) is 47.4 Å². The van der Waals surface area contributed by atoms with Crippen molar-refractivity contribution in [2.45, 2.75) is 40.0 Å². The molecule has 3 rings (SSSR count). The van der Waals surface area contributed by atoms with E-state index in [0.29, 0.717) is 11.3 Å². The van der Waals surface area contributed by atoms with E-state index in [1.807, 2.05) is 17.5 Å². The first-order valence-corrected chi connectivity index (χ1v) is 8.96. The first kappa shape index (κ1) is 14.7. The molecule has 1 N–H and O–H groups in total. The molecule has 0 fully saturated rings. The zero-order valence-corrected chi connectivity index (χ0v) is 14.2. The predicted molar refractivity (Wildman–Crippen MR) is 89.4 cm³/mol. The van der Waals surface area contributed by atoms with Gasteiger partial charge >= 0.3 is 0 Å². The quantitative estimate of drug-likeness (QED) is 0.878. The number of carbonyl (C=O) groups is 1. The third-order valence-corrected chi connectivity index (χ3v) is 6.03. The molecule has 5 heteroatoms. The molecule has 0 aliphatic heterocycles. The molecule has 0 bridgehead atoms. The molecule has 21 heavy (non-hydrogen) atoms. The number of aromatic nitrogens is 1. The van der Waals surface area contributed by atoms with Crippen molar-refractivity contribution in [2.75, 3.05) is 5.32 Å². The number of nitrogens with zero attached hydrogens (tertiary/aromatic N) is 1. The highest BCUT2D eigenvalue weighted by Gasteiger charge is 2.30. The molecular weight excluding hydrogens is 300 g/mol. The van der Waals surface area contributed by atoms with Crippen molar-refractivity contribution in [3.05, 3.63) is 33.0 Å². The molecule has 0 aromatic carbocycles. The average Bonchev–Trinajstić information content (AvgIpc) is 3.05. The Labute approximate surface area is 133 Å². The van der Waals surface area contributed by atoms with Crippen molar-refractivity contribution in [3.8, 4) is 0 Å². The molecule has 2 aromatic heterocycles. The maximum absolute atomic E-state index is 12.1. The van der Waals surface area contributed by atoms with Crippen molar-refractivity contribution in [2.24, 2.45) is 11.3 Å². The molecular formula is C16H20N2OS2. The number of amides is 1. The Balaban J connectivity index is 1.73. The molecule has 0 saturated heterocycles. The number of anilines is 1. The second-order valence-electron chi connectivity index (χ2n) is 6.63. The Bertz CT molecular complexity index is 638. The lowest BCUT2D eigenvalue weighted by molar-refractivity contribution is 0.103. The number of hydrogen-bond donors (Lipinski definition) is 1. The number of thiazole rings is 1. The summed E-state index contributed by atoms with van der Waals surface area (Å²) in [5, 5.41) is 5.59. The van der Waals surface area contributed by atoms with Gasteiger partial charge in [0.05, 0.1) is 10.6 Å². The van der Waals surface area contributed by atoms with Gasteiger partial charge in [0.15, 0.2) is 5.13 Å². The number of hydrogen-bond acceptors (Lipinski definition) is 4. The summed E-state index contributed by atoms with van der Waals surface area (Å²) in [5.74, 6) is 0.648. The van der Waals surface area contributed by atoms with Crippen molar-refractivity contribution >= 4 is 33.7 Å². The fraction of sp³-hybridized carbons (Fsp3) is 0.500. The van der Waals surface area contributed by atoms with Gasteiger partial charge in [-0.05, 0) is 42.0 Å². The van der Waals surface area contributed by atoms with E-state index in [1.54, 1.807) is 11.3 Å². The maximum Gasteiger partial charge on any atom is 0.267 e. The zero-order valence-electron chi connectivity index (χ0n) is 12.6. The summed E-state index contributed by atoms with van der Waals surface area (Å²) < 4.78 is 0. The van der Waals surface area contributed by atoms with E-state index >= 15 is 0 Å². The molecule has 2 heterocycles. The zero-order chi connectivity index (χ0) is 15.0. The molecule has 1 amide bonds. The van der Waals surface area contributed by atoms with Gasteiger partial charge in [-0.15, -0.1) is 22.7 Å². The second-order valence-corrected chi connectivity index (χ2v) is 8.66. The smallest absolute Gasteiger partial charge is 0.267 e. The van der Waals surface area contributed by atoms with E-state index in [0.717, 1.165) is 22.9 Å². The molecule has 1 aliphatic rings. The number of nitrogens with one attached hydrogen (secondary N) is 1.